The zero-order chi connectivity index (χ0) is 21.1. The van der Waals surface area contributed by atoms with Gasteiger partial charge in [0.25, 0.3) is 5.56 Å². The molecule has 0 saturated heterocycles. The van der Waals surface area contributed by atoms with Crippen LogP contribution < -0.4 is 16.0 Å². The molecule has 0 aliphatic carbocycles. The molecule has 0 amide bonds. The summed E-state index contributed by atoms with van der Waals surface area (Å²) < 4.78 is 13.0. The molecule has 0 aliphatic heterocycles. The number of aryl methyl sites for hydroxylation is 3. The van der Waals surface area contributed by atoms with Crippen LogP contribution in [-0.2, 0) is 29.5 Å². The van der Waals surface area contributed by atoms with Crippen LogP contribution in [-0.4, -0.2) is 44.5 Å². The van der Waals surface area contributed by atoms with Gasteiger partial charge in [0.1, 0.15) is 11.0 Å². The number of esters is 1. The normalized spacial score (nSPS) is 12.1. The lowest BCUT2D eigenvalue weighted by Gasteiger charge is -2.11. The minimum Gasteiger partial charge on any atom is -0.497 e. The molecule has 0 bridgehead atoms. The average Bonchev–Trinajstić information content (AvgIpc) is 3.08. The molecule has 1 unspecified atom stereocenters. The van der Waals surface area contributed by atoms with Gasteiger partial charge in [0.15, 0.2) is 16.3 Å². The fourth-order valence-corrected chi connectivity index (χ4v) is 3.87. The highest BCUT2D eigenvalue weighted by Gasteiger charge is 2.22. The van der Waals surface area contributed by atoms with Gasteiger partial charge in [0.05, 0.1) is 14.2 Å². The molecule has 3 rings (SSSR count). The van der Waals surface area contributed by atoms with Crippen molar-refractivity contribution in [2.75, 3.05) is 14.2 Å². The van der Waals surface area contributed by atoms with Crippen molar-refractivity contribution in [1.29, 1.82) is 0 Å². The Balaban J connectivity index is 2.02. The maximum Gasteiger partial charge on any atom is 0.329 e. The van der Waals surface area contributed by atoms with Crippen LogP contribution in [0, 0.1) is 0 Å². The highest BCUT2D eigenvalue weighted by atomic mass is 32.2. The molecule has 2 aromatic heterocycles. The van der Waals surface area contributed by atoms with E-state index in [1.807, 2.05) is 24.3 Å². The molecular weight excluding hydrogens is 396 g/mol. The number of imidazole rings is 1. The first-order valence-corrected chi connectivity index (χ1v) is 9.80. The monoisotopic (exact) mass is 418 g/mol. The van der Waals surface area contributed by atoms with Crippen LogP contribution in [0.4, 0.5) is 0 Å². The largest absolute Gasteiger partial charge is 0.497 e. The number of ether oxygens (including phenoxy) is 2. The number of carbonyl (C=O) groups excluding carboxylic acids is 1. The van der Waals surface area contributed by atoms with Crippen LogP contribution in [0.15, 0.2) is 39.0 Å². The third-order valence-electron chi connectivity index (χ3n) is 4.57. The average molecular weight is 418 g/mol. The predicted octanol–water partition coefficient (Wildman–Crippen LogP) is 1.33. The van der Waals surface area contributed by atoms with Crippen LogP contribution in [0.25, 0.3) is 11.2 Å². The Hall–Kier alpha value is -3.01. The van der Waals surface area contributed by atoms with Gasteiger partial charge in [-0.25, -0.2) is 9.78 Å². The Labute approximate surface area is 170 Å². The van der Waals surface area contributed by atoms with Gasteiger partial charge < -0.3 is 14.0 Å². The number of carbonyl (C=O) groups is 1. The summed E-state index contributed by atoms with van der Waals surface area (Å²) in [6.45, 7) is 2.15. The highest BCUT2D eigenvalue weighted by molar-refractivity contribution is 8.00. The summed E-state index contributed by atoms with van der Waals surface area (Å²) in [5.74, 6) is 0.364. The molecule has 0 aliphatic rings. The third kappa shape index (κ3) is 4.21. The number of nitrogens with one attached hydrogen (secondary N) is 1. The van der Waals surface area contributed by atoms with Gasteiger partial charge >= 0.3 is 11.7 Å². The van der Waals surface area contributed by atoms with E-state index in [0.29, 0.717) is 23.6 Å². The molecule has 3 aromatic rings. The lowest BCUT2D eigenvalue weighted by Crippen LogP contribution is -2.29. The Morgan fingerprint density at radius 3 is 2.55 bits per heavy atom. The van der Waals surface area contributed by atoms with Crippen molar-refractivity contribution < 1.29 is 14.3 Å². The zero-order valence-corrected chi connectivity index (χ0v) is 17.4. The molecule has 0 saturated carbocycles. The minimum atomic E-state index is -0.542. The summed E-state index contributed by atoms with van der Waals surface area (Å²) in [6, 6.07) is 7.63. The second-order valence-electron chi connectivity index (χ2n) is 6.42. The maximum absolute atomic E-state index is 12.5. The smallest absolute Gasteiger partial charge is 0.329 e. The Kier molecular flexibility index (Phi) is 6.12. The van der Waals surface area contributed by atoms with Crippen LogP contribution in [0.3, 0.4) is 0 Å². The SMILES string of the molecule is COC(=O)C(C)Sc1nc2c(c(=O)[nH]c(=O)n2C)n1CCc1ccc(OC)cc1. The predicted molar refractivity (Wildman–Crippen MR) is 110 cm³/mol. The molecule has 0 spiro atoms. The van der Waals surface area contributed by atoms with Gasteiger partial charge in [-0.1, -0.05) is 23.9 Å². The summed E-state index contributed by atoms with van der Waals surface area (Å²) in [6.07, 6.45) is 0.623. The Morgan fingerprint density at radius 1 is 1.24 bits per heavy atom. The van der Waals surface area contributed by atoms with Crippen molar-refractivity contribution in [3.8, 4) is 5.75 Å². The molecule has 1 N–H and O–H groups in total. The highest BCUT2D eigenvalue weighted by Crippen LogP contribution is 2.26. The number of nitrogens with zero attached hydrogens (tertiary/aromatic N) is 3. The number of hydrogen-bond donors (Lipinski definition) is 1. The van der Waals surface area contributed by atoms with Gasteiger partial charge in [-0.05, 0) is 31.0 Å². The topological polar surface area (TPSA) is 108 Å². The van der Waals surface area contributed by atoms with Crippen molar-refractivity contribution in [2.24, 2.45) is 7.05 Å². The van der Waals surface area contributed by atoms with Crippen molar-refractivity contribution in [3.05, 3.63) is 50.7 Å². The lowest BCUT2D eigenvalue weighted by molar-refractivity contribution is -0.139. The molecule has 0 radical (unpaired) electrons. The first-order chi connectivity index (χ1) is 13.8. The minimum absolute atomic E-state index is 0.271. The number of aromatic nitrogens is 4. The molecule has 0 fully saturated rings. The summed E-state index contributed by atoms with van der Waals surface area (Å²) in [5, 5.41) is -0.0502. The number of hydrogen-bond acceptors (Lipinski definition) is 7. The lowest BCUT2D eigenvalue weighted by atomic mass is 10.1. The second-order valence-corrected chi connectivity index (χ2v) is 7.73. The number of aromatic amines is 1. The molecular formula is C19H22N4O5S. The van der Waals surface area contributed by atoms with Crippen molar-refractivity contribution >= 4 is 28.9 Å². The summed E-state index contributed by atoms with van der Waals surface area (Å²) in [4.78, 5) is 43.1. The first kappa shape index (κ1) is 20.7. The Morgan fingerprint density at radius 2 is 1.93 bits per heavy atom. The molecule has 9 nitrogen and oxygen atoms in total. The molecule has 29 heavy (non-hydrogen) atoms. The zero-order valence-electron chi connectivity index (χ0n) is 16.6. The van der Waals surface area contributed by atoms with Gasteiger partial charge in [0, 0.05) is 13.6 Å². The number of thioether (sulfide) groups is 1. The summed E-state index contributed by atoms with van der Waals surface area (Å²) in [7, 11) is 4.47. The third-order valence-corrected chi connectivity index (χ3v) is 5.64. The van der Waals surface area contributed by atoms with Crippen LogP contribution in [0.1, 0.15) is 12.5 Å². The maximum atomic E-state index is 12.5. The summed E-state index contributed by atoms with van der Waals surface area (Å²) in [5.41, 5.74) is 0.557. The van der Waals surface area contributed by atoms with Crippen molar-refractivity contribution in [2.45, 2.75) is 30.3 Å². The molecule has 154 valence electrons. The summed E-state index contributed by atoms with van der Waals surface area (Å²) >= 11 is 1.18. The van der Waals surface area contributed by atoms with Crippen molar-refractivity contribution in [1.82, 2.24) is 19.1 Å². The quantitative estimate of drug-likeness (QED) is 0.455. The number of rotatable bonds is 7. The van der Waals surface area contributed by atoms with Gasteiger partial charge in [-0.2, -0.15) is 0 Å². The number of fused-ring (bicyclic) bond motifs is 1. The van der Waals surface area contributed by atoms with Gasteiger partial charge in [0.2, 0.25) is 0 Å². The number of benzene rings is 1. The van der Waals surface area contributed by atoms with E-state index in [1.165, 1.54) is 23.4 Å². The van der Waals surface area contributed by atoms with Crippen LogP contribution in [0.2, 0.25) is 0 Å². The van der Waals surface area contributed by atoms with Gasteiger partial charge in [-0.3, -0.25) is 19.1 Å². The Bertz CT molecular complexity index is 1150. The molecule has 1 aromatic carbocycles. The fraction of sp³-hybridized carbons (Fsp3) is 0.368. The van der Waals surface area contributed by atoms with Crippen molar-refractivity contribution in [3.63, 3.8) is 0 Å². The number of H-pyrrole nitrogens is 1. The standard InChI is InChI=1S/C19H22N4O5S/c1-11(17(25)28-4)29-19-20-15-14(16(24)21-18(26)22(15)2)23(19)10-9-12-5-7-13(27-3)8-6-12/h5-8,11H,9-10H2,1-4H3,(H,21,24,26). The molecule has 10 heteroatoms. The second kappa shape index (κ2) is 8.56. The first-order valence-electron chi connectivity index (χ1n) is 8.92. The van der Waals surface area contributed by atoms with E-state index in [9.17, 15) is 14.4 Å². The molecule has 1 atom stereocenters. The van der Waals surface area contributed by atoms with Crippen LogP contribution >= 0.6 is 11.8 Å². The van der Waals surface area contributed by atoms with E-state index in [1.54, 1.807) is 25.6 Å². The van der Waals surface area contributed by atoms with E-state index in [-0.39, 0.29) is 5.65 Å². The van der Waals surface area contributed by atoms with E-state index in [0.717, 1.165) is 11.3 Å². The number of methoxy groups -OCH3 is 2. The molecule has 2 heterocycles. The van der Waals surface area contributed by atoms with E-state index < -0.39 is 22.5 Å². The van der Waals surface area contributed by atoms with E-state index in [2.05, 4.69) is 9.97 Å². The fourth-order valence-electron chi connectivity index (χ4n) is 2.92. The van der Waals surface area contributed by atoms with E-state index >= 15 is 0 Å². The van der Waals surface area contributed by atoms with E-state index in [4.69, 9.17) is 9.47 Å². The van der Waals surface area contributed by atoms with Gasteiger partial charge in [-0.15, -0.1) is 0 Å². The van der Waals surface area contributed by atoms with Crippen LogP contribution in [0.5, 0.6) is 5.75 Å².